The molecule has 0 aliphatic carbocycles. The van der Waals surface area contributed by atoms with Gasteiger partial charge in [0.1, 0.15) is 11.9 Å². The predicted octanol–water partition coefficient (Wildman–Crippen LogP) is 0.0989. The summed E-state index contributed by atoms with van der Waals surface area (Å²) in [5.74, 6) is 0.343. The fourth-order valence-electron chi connectivity index (χ4n) is 1.99. The Hall–Kier alpha value is -1.70. The third kappa shape index (κ3) is 1.82. The van der Waals surface area contributed by atoms with Gasteiger partial charge in [-0.15, -0.1) is 0 Å². The van der Waals surface area contributed by atoms with Gasteiger partial charge in [0.15, 0.2) is 5.60 Å². The number of fused-ring (bicyclic) bond motifs is 1. The van der Waals surface area contributed by atoms with E-state index in [-0.39, 0.29) is 5.69 Å². The van der Waals surface area contributed by atoms with Gasteiger partial charge in [-0.3, -0.25) is 10.1 Å². The molecule has 0 aromatic heterocycles. The second-order valence-corrected chi connectivity index (χ2v) is 4.52. The highest BCUT2D eigenvalue weighted by atomic mass is 16.6. The minimum Gasteiger partial charge on any atom is -0.482 e. The Balaban J connectivity index is 2.49. The van der Waals surface area contributed by atoms with Crippen LogP contribution in [-0.2, 0) is 0 Å². The molecule has 1 aliphatic rings. The molecule has 2 rings (SSSR count). The molecule has 1 aromatic rings. The van der Waals surface area contributed by atoms with Gasteiger partial charge in [-0.05, 0) is 13.0 Å². The lowest BCUT2D eigenvalue weighted by Crippen LogP contribution is -2.55. The Morgan fingerprint density at radius 2 is 2.28 bits per heavy atom. The van der Waals surface area contributed by atoms with Crippen LogP contribution in [0.3, 0.4) is 0 Å². The van der Waals surface area contributed by atoms with Crippen molar-refractivity contribution in [3.05, 3.63) is 33.9 Å². The van der Waals surface area contributed by atoms with Gasteiger partial charge in [0.25, 0.3) is 5.69 Å². The van der Waals surface area contributed by atoms with Crippen molar-refractivity contribution >= 4 is 5.69 Å². The van der Waals surface area contributed by atoms with Crippen LogP contribution in [0.5, 0.6) is 5.75 Å². The smallest absolute Gasteiger partial charge is 0.270 e. The number of aliphatic hydroxyl groups excluding tert-OH is 2. The molecule has 98 valence electrons. The van der Waals surface area contributed by atoms with E-state index in [1.54, 1.807) is 0 Å². The van der Waals surface area contributed by atoms with Gasteiger partial charge in [-0.25, -0.2) is 0 Å². The molecule has 7 heteroatoms. The summed E-state index contributed by atoms with van der Waals surface area (Å²) in [7, 11) is 0. The first kappa shape index (κ1) is 12.7. The summed E-state index contributed by atoms with van der Waals surface area (Å²) in [6, 6.07) is 3.15. The van der Waals surface area contributed by atoms with Crippen molar-refractivity contribution in [3.63, 3.8) is 0 Å². The molecule has 7 nitrogen and oxygen atoms in total. The van der Waals surface area contributed by atoms with Crippen molar-refractivity contribution in [1.82, 2.24) is 0 Å². The standard InChI is InChI=1S/C11H14N2O5/c1-11(5-14)10(15)9(12)7-4-6(13(16)17)2-3-8(7)18-11/h2-4,9-10,14-15H,5,12H2,1H3/t9-,10+,11-/m1/s1. The van der Waals surface area contributed by atoms with E-state index >= 15 is 0 Å². The third-order valence-electron chi connectivity index (χ3n) is 3.19. The van der Waals surface area contributed by atoms with Gasteiger partial charge >= 0.3 is 0 Å². The number of rotatable bonds is 2. The topological polar surface area (TPSA) is 119 Å². The Morgan fingerprint density at radius 1 is 1.61 bits per heavy atom. The number of ether oxygens (including phenoxy) is 1. The fraction of sp³-hybridized carbons (Fsp3) is 0.455. The van der Waals surface area contributed by atoms with E-state index in [9.17, 15) is 20.3 Å². The number of nitro groups is 1. The van der Waals surface area contributed by atoms with Crippen LogP contribution in [0, 0.1) is 10.1 Å². The van der Waals surface area contributed by atoms with Crippen LogP contribution in [0.25, 0.3) is 0 Å². The summed E-state index contributed by atoms with van der Waals surface area (Å²) in [6.07, 6.45) is -1.14. The van der Waals surface area contributed by atoms with Crippen molar-refractivity contribution in [2.75, 3.05) is 6.61 Å². The highest BCUT2D eigenvalue weighted by molar-refractivity contribution is 5.47. The number of nitro benzene ring substituents is 1. The molecule has 0 spiro atoms. The normalized spacial score (nSPS) is 30.4. The minimum atomic E-state index is -1.21. The summed E-state index contributed by atoms with van der Waals surface area (Å²) in [6.45, 7) is 1.13. The maximum Gasteiger partial charge on any atom is 0.270 e. The van der Waals surface area contributed by atoms with Crippen LogP contribution in [0.1, 0.15) is 18.5 Å². The maximum atomic E-state index is 10.7. The first-order valence-corrected chi connectivity index (χ1v) is 5.41. The Bertz CT molecular complexity index is 492. The molecule has 0 saturated heterocycles. The van der Waals surface area contributed by atoms with Crippen LogP contribution in [0.15, 0.2) is 18.2 Å². The second-order valence-electron chi connectivity index (χ2n) is 4.52. The number of hydrogen-bond acceptors (Lipinski definition) is 6. The largest absolute Gasteiger partial charge is 0.482 e. The molecule has 18 heavy (non-hydrogen) atoms. The number of nitrogens with zero attached hydrogens (tertiary/aromatic N) is 1. The quantitative estimate of drug-likeness (QED) is 0.508. The summed E-state index contributed by atoms with van der Waals surface area (Å²) in [4.78, 5) is 10.1. The van der Waals surface area contributed by atoms with Gasteiger partial charge in [0, 0.05) is 17.7 Å². The molecule has 0 fully saturated rings. The van der Waals surface area contributed by atoms with E-state index < -0.39 is 29.3 Å². The van der Waals surface area contributed by atoms with Gasteiger partial charge in [-0.1, -0.05) is 0 Å². The van der Waals surface area contributed by atoms with Crippen LogP contribution < -0.4 is 10.5 Å². The summed E-state index contributed by atoms with van der Waals surface area (Å²) in [5, 5.41) is 29.9. The molecule has 0 bridgehead atoms. The van der Waals surface area contributed by atoms with Crippen LogP contribution in [0.2, 0.25) is 0 Å². The molecule has 0 saturated carbocycles. The van der Waals surface area contributed by atoms with Gasteiger partial charge in [0.05, 0.1) is 17.6 Å². The van der Waals surface area contributed by atoms with Crippen LogP contribution in [0.4, 0.5) is 5.69 Å². The summed E-state index contributed by atoms with van der Waals surface area (Å²) in [5.41, 5.74) is 4.89. The molecule has 4 N–H and O–H groups in total. The molecule has 3 atom stereocenters. The fourth-order valence-corrected chi connectivity index (χ4v) is 1.99. The number of non-ortho nitro benzene ring substituents is 1. The molecule has 1 aromatic carbocycles. The molecule has 1 aliphatic heterocycles. The third-order valence-corrected chi connectivity index (χ3v) is 3.19. The van der Waals surface area contributed by atoms with Crippen molar-refractivity contribution in [3.8, 4) is 5.75 Å². The van der Waals surface area contributed by atoms with Crippen molar-refractivity contribution in [1.29, 1.82) is 0 Å². The molecule has 0 amide bonds. The average Bonchev–Trinajstić information content (AvgIpc) is 2.35. The van der Waals surface area contributed by atoms with Gasteiger partial charge < -0.3 is 20.7 Å². The van der Waals surface area contributed by atoms with E-state index in [2.05, 4.69) is 0 Å². The zero-order chi connectivity index (χ0) is 13.5. The lowest BCUT2D eigenvalue weighted by atomic mass is 9.86. The number of nitrogens with two attached hydrogens (primary N) is 1. The molecule has 0 unspecified atom stereocenters. The second kappa shape index (κ2) is 4.20. The minimum absolute atomic E-state index is 0.118. The Morgan fingerprint density at radius 3 is 2.83 bits per heavy atom. The van der Waals surface area contributed by atoms with Gasteiger partial charge in [0.2, 0.25) is 0 Å². The summed E-state index contributed by atoms with van der Waals surface area (Å²) < 4.78 is 5.48. The Kier molecular flexibility index (Phi) is 2.97. The zero-order valence-electron chi connectivity index (χ0n) is 9.74. The summed E-state index contributed by atoms with van der Waals surface area (Å²) >= 11 is 0. The predicted molar refractivity (Wildman–Crippen MR) is 62.2 cm³/mol. The number of benzene rings is 1. The van der Waals surface area contributed by atoms with E-state index in [1.807, 2.05) is 0 Å². The van der Waals surface area contributed by atoms with Crippen molar-refractivity contribution < 1.29 is 19.9 Å². The maximum absolute atomic E-state index is 10.7. The lowest BCUT2D eigenvalue weighted by molar-refractivity contribution is -0.385. The molecular formula is C11H14N2O5. The highest BCUT2D eigenvalue weighted by Crippen LogP contribution is 2.40. The Labute approximate surface area is 103 Å². The highest BCUT2D eigenvalue weighted by Gasteiger charge is 2.44. The van der Waals surface area contributed by atoms with E-state index in [4.69, 9.17) is 10.5 Å². The first-order valence-electron chi connectivity index (χ1n) is 5.41. The molecule has 1 heterocycles. The van der Waals surface area contributed by atoms with E-state index in [0.717, 1.165) is 0 Å². The number of aliphatic hydroxyl groups is 2. The van der Waals surface area contributed by atoms with E-state index in [0.29, 0.717) is 11.3 Å². The zero-order valence-corrected chi connectivity index (χ0v) is 9.74. The first-order chi connectivity index (χ1) is 8.39. The lowest BCUT2D eigenvalue weighted by Gasteiger charge is -2.41. The van der Waals surface area contributed by atoms with E-state index in [1.165, 1.54) is 25.1 Å². The van der Waals surface area contributed by atoms with Crippen molar-refractivity contribution in [2.24, 2.45) is 5.73 Å². The average molecular weight is 254 g/mol. The van der Waals surface area contributed by atoms with Crippen molar-refractivity contribution in [2.45, 2.75) is 24.7 Å². The van der Waals surface area contributed by atoms with Crippen LogP contribution >= 0.6 is 0 Å². The van der Waals surface area contributed by atoms with Gasteiger partial charge in [-0.2, -0.15) is 0 Å². The monoisotopic (exact) mass is 254 g/mol. The van der Waals surface area contributed by atoms with Crippen LogP contribution in [-0.4, -0.2) is 33.4 Å². The number of hydrogen-bond donors (Lipinski definition) is 3. The molecule has 0 radical (unpaired) electrons. The SMILES string of the molecule is C[C@]1(CO)Oc2ccc([N+](=O)[O-])cc2[C@@H](N)[C@@H]1O. The molecular weight excluding hydrogens is 240 g/mol.